The first-order valence-electron chi connectivity index (χ1n) is 6.44. The molecule has 0 unspecified atom stereocenters. The summed E-state index contributed by atoms with van der Waals surface area (Å²) in [5, 5.41) is 3.51. The van der Waals surface area contributed by atoms with Gasteiger partial charge in [0.25, 0.3) is 0 Å². The summed E-state index contributed by atoms with van der Waals surface area (Å²) in [6, 6.07) is 10.1. The Balaban J connectivity index is 1.95. The minimum Gasteiger partial charge on any atom is -0.364 e. The highest BCUT2D eigenvalue weighted by atomic mass is 35.5. The zero-order valence-corrected chi connectivity index (χ0v) is 11.8. The second-order valence-electron chi connectivity index (χ2n) is 4.38. The van der Waals surface area contributed by atoms with E-state index in [1.165, 1.54) is 5.56 Å². The summed E-state index contributed by atoms with van der Waals surface area (Å²) in [6.07, 6.45) is 1.75. The van der Waals surface area contributed by atoms with E-state index < -0.39 is 0 Å². The maximum atomic E-state index is 5.95. The lowest BCUT2D eigenvalue weighted by Gasteiger charge is -2.09. The second-order valence-corrected chi connectivity index (χ2v) is 4.72. The van der Waals surface area contributed by atoms with E-state index in [1.54, 1.807) is 6.33 Å². The average Bonchev–Trinajstić information content (AvgIpc) is 2.88. The van der Waals surface area contributed by atoms with Gasteiger partial charge < -0.3 is 9.88 Å². The van der Waals surface area contributed by atoms with Crippen LogP contribution in [0.15, 0.2) is 36.7 Å². The zero-order valence-electron chi connectivity index (χ0n) is 11.0. The largest absolute Gasteiger partial charge is 0.364 e. The molecule has 1 N–H and O–H groups in total. The Morgan fingerprint density at radius 2 is 2.00 bits per heavy atom. The van der Waals surface area contributed by atoms with Crippen LogP contribution < -0.4 is 5.32 Å². The smallest absolute Gasteiger partial charge is 0.226 e. The molecule has 0 saturated heterocycles. The van der Waals surface area contributed by atoms with Crippen LogP contribution in [-0.2, 0) is 13.1 Å². The van der Waals surface area contributed by atoms with Crippen molar-refractivity contribution < 1.29 is 0 Å². The predicted molar refractivity (Wildman–Crippen MR) is 79.8 cm³/mol. The van der Waals surface area contributed by atoms with Gasteiger partial charge in [0, 0.05) is 13.1 Å². The first kappa shape index (κ1) is 12.9. The second kappa shape index (κ2) is 5.46. The highest BCUT2D eigenvalue weighted by Gasteiger charge is 2.11. The minimum atomic E-state index is 0.203. The van der Waals surface area contributed by atoms with Crippen LogP contribution in [0, 0.1) is 0 Å². The molecular weight excluding hydrogens is 274 g/mol. The molecule has 0 fully saturated rings. The summed E-state index contributed by atoms with van der Waals surface area (Å²) in [5.74, 6) is 0.711. The van der Waals surface area contributed by atoms with E-state index in [9.17, 15) is 0 Å². The molecule has 0 aliphatic heterocycles. The summed E-state index contributed by atoms with van der Waals surface area (Å²) in [6.45, 7) is 3.54. The van der Waals surface area contributed by atoms with Gasteiger partial charge in [-0.15, -0.1) is 0 Å². The SMILES string of the molecule is CCn1cnc2nc(Cl)nc(NCc3ccccc3)c21. The lowest BCUT2D eigenvalue weighted by atomic mass is 10.2. The van der Waals surface area contributed by atoms with Gasteiger partial charge in [0.15, 0.2) is 11.5 Å². The maximum absolute atomic E-state index is 5.95. The zero-order chi connectivity index (χ0) is 13.9. The average molecular weight is 288 g/mol. The molecule has 0 saturated carbocycles. The number of fused-ring (bicyclic) bond motifs is 1. The van der Waals surface area contributed by atoms with Crippen molar-refractivity contribution in [1.82, 2.24) is 19.5 Å². The molecule has 3 rings (SSSR count). The molecule has 0 spiro atoms. The molecule has 1 aromatic carbocycles. The molecule has 20 heavy (non-hydrogen) atoms. The maximum Gasteiger partial charge on any atom is 0.226 e. The fourth-order valence-electron chi connectivity index (χ4n) is 2.10. The van der Waals surface area contributed by atoms with Gasteiger partial charge in [-0.2, -0.15) is 9.97 Å². The Labute approximate surface area is 121 Å². The topological polar surface area (TPSA) is 55.6 Å². The number of benzene rings is 1. The first-order chi connectivity index (χ1) is 9.78. The normalized spacial score (nSPS) is 10.9. The van der Waals surface area contributed by atoms with E-state index in [1.807, 2.05) is 22.8 Å². The van der Waals surface area contributed by atoms with Gasteiger partial charge in [-0.05, 0) is 24.1 Å². The molecule has 2 heterocycles. The lowest BCUT2D eigenvalue weighted by molar-refractivity contribution is 0.785. The van der Waals surface area contributed by atoms with Gasteiger partial charge in [-0.25, -0.2) is 4.98 Å². The number of hydrogen-bond donors (Lipinski definition) is 1. The third kappa shape index (κ3) is 2.44. The van der Waals surface area contributed by atoms with Crippen molar-refractivity contribution in [1.29, 1.82) is 0 Å². The summed E-state index contributed by atoms with van der Waals surface area (Å²) in [5.41, 5.74) is 2.67. The quantitative estimate of drug-likeness (QED) is 0.749. The van der Waals surface area contributed by atoms with Gasteiger partial charge in [-0.3, -0.25) is 0 Å². The third-order valence-corrected chi connectivity index (χ3v) is 3.26. The molecule has 0 amide bonds. The molecule has 0 radical (unpaired) electrons. The fraction of sp³-hybridized carbons (Fsp3) is 0.214. The van der Waals surface area contributed by atoms with E-state index in [0.29, 0.717) is 18.0 Å². The van der Waals surface area contributed by atoms with Gasteiger partial charge in [0.05, 0.1) is 6.33 Å². The predicted octanol–water partition coefficient (Wildman–Crippen LogP) is 3.11. The van der Waals surface area contributed by atoms with E-state index in [4.69, 9.17) is 11.6 Å². The number of nitrogens with one attached hydrogen (secondary N) is 1. The van der Waals surface area contributed by atoms with Crippen molar-refractivity contribution in [2.45, 2.75) is 20.0 Å². The van der Waals surface area contributed by atoms with Gasteiger partial charge in [-0.1, -0.05) is 30.3 Å². The Bertz CT molecular complexity index is 723. The summed E-state index contributed by atoms with van der Waals surface area (Å²) < 4.78 is 2.00. The molecule has 6 heteroatoms. The molecule has 0 atom stereocenters. The lowest BCUT2D eigenvalue weighted by Crippen LogP contribution is -2.05. The van der Waals surface area contributed by atoms with Crippen LogP contribution in [0.4, 0.5) is 5.82 Å². The number of imidazole rings is 1. The van der Waals surface area contributed by atoms with Crippen molar-refractivity contribution in [3.8, 4) is 0 Å². The number of nitrogens with zero attached hydrogens (tertiary/aromatic N) is 4. The molecule has 5 nitrogen and oxygen atoms in total. The van der Waals surface area contributed by atoms with Crippen LogP contribution in [0.1, 0.15) is 12.5 Å². The fourth-order valence-corrected chi connectivity index (χ4v) is 2.26. The van der Waals surface area contributed by atoms with Crippen LogP contribution in [0.25, 0.3) is 11.2 Å². The van der Waals surface area contributed by atoms with E-state index >= 15 is 0 Å². The molecule has 0 aliphatic rings. The van der Waals surface area contributed by atoms with Gasteiger partial charge in [0.1, 0.15) is 5.52 Å². The van der Waals surface area contributed by atoms with E-state index in [0.717, 1.165) is 12.1 Å². The molecule has 3 aromatic rings. The first-order valence-corrected chi connectivity index (χ1v) is 6.82. The Kier molecular flexibility index (Phi) is 3.52. The Morgan fingerprint density at radius 1 is 1.20 bits per heavy atom. The van der Waals surface area contributed by atoms with Crippen LogP contribution in [0.2, 0.25) is 5.28 Å². The highest BCUT2D eigenvalue weighted by molar-refractivity contribution is 6.28. The van der Waals surface area contributed by atoms with Crippen LogP contribution in [0.5, 0.6) is 0 Å². The van der Waals surface area contributed by atoms with Crippen LogP contribution in [0.3, 0.4) is 0 Å². The molecular formula is C14H14ClN5. The van der Waals surface area contributed by atoms with Crippen LogP contribution >= 0.6 is 11.6 Å². The molecule has 0 aliphatic carbocycles. The van der Waals surface area contributed by atoms with Gasteiger partial charge in [0.2, 0.25) is 5.28 Å². The van der Waals surface area contributed by atoms with Crippen LogP contribution in [-0.4, -0.2) is 19.5 Å². The minimum absolute atomic E-state index is 0.203. The van der Waals surface area contributed by atoms with Gasteiger partial charge >= 0.3 is 0 Å². The Morgan fingerprint density at radius 3 is 2.75 bits per heavy atom. The standard InChI is InChI=1S/C14H14ClN5/c1-2-20-9-17-13-11(20)12(18-14(15)19-13)16-8-10-6-4-3-5-7-10/h3-7,9H,2,8H2,1H3,(H,16,18,19). The summed E-state index contributed by atoms with van der Waals surface area (Å²) in [7, 11) is 0. The van der Waals surface area contributed by atoms with Crippen molar-refractivity contribution in [2.24, 2.45) is 0 Å². The number of aryl methyl sites for hydroxylation is 1. The molecule has 102 valence electrons. The highest BCUT2D eigenvalue weighted by Crippen LogP contribution is 2.22. The van der Waals surface area contributed by atoms with E-state index in [-0.39, 0.29) is 5.28 Å². The number of rotatable bonds is 4. The third-order valence-electron chi connectivity index (χ3n) is 3.09. The van der Waals surface area contributed by atoms with E-state index in [2.05, 4.69) is 39.3 Å². The Hall–Kier alpha value is -2.14. The summed E-state index contributed by atoms with van der Waals surface area (Å²) >= 11 is 5.95. The van der Waals surface area contributed by atoms with Crippen molar-refractivity contribution in [3.05, 3.63) is 47.5 Å². The number of anilines is 1. The monoisotopic (exact) mass is 287 g/mol. The number of aromatic nitrogens is 4. The summed E-state index contributed by atoms with van der Waals surface area (Å²) in [4.78, 5) is 12.7. The van der Waals surface area contributed by atoms with Crippen molar-refractivity contribution in [2.75, 3.05) is 5.32 Å². The number of hydrogen-bond acceptors (Lipinski definition) is 4. The molecule has 0 bridgehead atoms. The molecule has 2 aromatic heterocycles. The number of halogens is 1. The van der Waals surface area contributed by atoms with Crippen molar-refractivity contribution in [3.63, 3.8) is 0 Å². The van der Waals surface area contributed by atoms with Crippen molar-refractivity contribution >= 4 is 28.6 Å².